The SMILES string of the molecule is CN1C(=O)C(NC(=S)NCCNC(c2ccccc2)c2ccc(Cl)cc2)N=C(c2ccccc2)c2cc(Cl)ccc21. The summed E-state index contributed by atoms with van der Waals surface area (Å²) in [5.41, 5.74) is 5.30. The zero-order valence-corrected chi connectivity index (χ0v) is 24.7. The zero-order valence-electron chi connectivity index (χ0n) is 22.4. The van der Waals surface area contributed by atoms with Crippen molar-refractivity contribution >= 4 is 57.8 Å². The molecule has 0 saturated carbocycles. The summed E-state index contributed by atoms with van der Waals surface area (Å²) < 4.78 is 0. The standard InChI is InChI=1S/C32H29Cl2N5OS/c1-39-27-17-16-25(34)20-26(27)29(22-10-6-3-7-11-22)37-30(31(39)40)38-32(41)36-19-18-35-28(21-8-4-2-5-9-21)23-12-14-24(33)15-13-23/h2-17,20,28,30,35H,18-19H2,1H3,(H2,36,38,41). The highest BCUT2D eigenvalue weighted by molar-refractivity contribution is 7.80. The number of benzodiazepines with no additional fused rings is 1. The summed E-state index contributed by atoms with van der Waals surface area (Å²) in [5, 5.41) is 11.5. The summed E-state index contributed by atoms with van der Waals surface area (Å²) in [7, 11) is 1.73. The smallest absolute Gasteiger partial charge is 0.272 e. The second kappa shape index (κ2) is 13.3. The Hall–Kier alpha value is -3.75. The molecule has 6 nitrogen and oxygen atoms in total. The van der Waals surface area contributed by atoms with Crippen LogP contribution in [0.3, 0.4) is 0 Å². The van der Waals surface area contributed by atoms with Crippen LogP contribution in [-0.2, 0) is 4.79 Å². The van der Waals surface area contributed by atoms with Crippen LogP contribution in [0.2, 0.25) is 10.0 Å². The number of thiocarbonyl (C=S) groups is 1. The van der Waals surface area contributed by atoms with Crippen molar-refractivity contribution in [3.8, 4) is 0 Å². The van der Waals surface area contributed by atoms with Crippen molar-refractivity contribution < 1.29 is 4.79 Å². The number of halogens is 2. The molecule has 5 rings (SSSR count). The number of rotatable bonds is 8. The van der Waals surface area contributed by atoms with E-state index in [-0.39, 0.29) is 11.9 Å². The molecule has 1 aliphatic rings. The second-order valence-electron chi connectivity index (χ2n) is 9.55. The van der Waals surface area contributed by atoms with Gasteiger partial charge in [0, 0.05) is 41.3 Å². The maximum atomic E-state index is 13.5. The summed E-state index contributed by atoms with van der Waals surface area (Å²) >= 11 is 18.1. The molecule has 3 N–H and O–H groups in total. The normalized spacial score (nSPS) is 15.4. The first-order valence-corrected chi connectivity index (χ1v) is 14.4. The Balaban J connectivity index is 1.28. The molecule has 1 amide bonds. The number of hydrogen-bond donors (Lipinski definition) is 3. The molecule has 4 aromatic carbocycles. The van der Waals surface area contributed by atoms with E-state index in [9.17, 15) is 4.79 Å². The Morgan fingerprint density at radius 1 is 0.878 bits per heavy atom. The number of amides is 1. The molecule has 2 atom stereocenters. The number of benzene rings is 4. The fraction of sp³-hybridized carbons (Fsp3) is 0.156. The predicted molar refractivity (Wildman–Crippen MR) is 172 cm³/mol. The summed E-state index contributed by atoms with van der Waals surface area (Å²) in [5.74, 6) is -0.228. The fourth-order valence-electron chi connectivity index (χ4n) is 4.76. The van der Waals surface area contributed by atoms with Gasteiger partial charge in [-0.15, -0.1) is 0 Å². The number of carbonyl (C=O) groups excluding carboxylic acids is 1. The summed E-state index contributed by atoms with van der Waals surface area (Å²) in [4.78, 5) is 19.9. The number of aliphatic imine (C=N–C) groups is 1. The van der Waals surface area contributed by atoms with E-state index < -0.39 is 6.17 Å². The van der Waals surface area contributed by atoms with E-state index in [1.165, 1.54) is 0 Å². The lowest BCUT2D eigenvalue weighted by molar-refractivity contribution is -0.119. The van der Waals surface area contributed by atoms with Gasteiger partial charge < -0.3 is 20.9 Å². The number of anilines is 1. The molecule has 9 heteroatoms. The van der Waals surface area contributed by atoms with Gasteiger partial charge >= 0.3 is 0 Å². The van der Waals surface area contributed by atoms with Gasteiger partial charge in [-0.05, 0) is 53.7 Å². The maximum absolute atomic E-state index is 13.5. The van der Waals surface area contributed by atoms with E-state index in [2.05, 4.69) is 28.1 Å². The van der Waals surface area contributed by atoms with Crippen molar-refractivity contribution in [1.29, 1.82) is 0 Å². The van der Waals surface area contributed by atoms with Gasteiger partial charge in [-0.1, -0.05) is 96.0 Å². The van der Waals surface area contributed by atoms with Gasteiger partial charge in [0.15, 0.2) is 5.11 Å². The van der Waals surface area contributed by atoms with Gasteiger partial charge in [0.05, 0.1) is 17.4 Å². The first-order valence-electron chi connectivity index (χ1n) is 13.2. The Morgan fingerprint density at radius 2 is 1.51 bits per heavy atom. The summed E-state index contributed by atoms with van der Waals surface area (Å²) in [6.45, 7) is 1.15. The van der Waals surface area contributed by atoms with E-state index in [1.54, 1.807) is 18.0 Å². The third-order valence-corrected chi connectivity index (χ3v) is 7.56. The predicted octanol–water partition coefficient (Wildman–Crippen LogP) is 5.98. The quantitative estimate of drug-likeness (QED) is 0.171. The van der Waals surface area contributed by atoms with Crippen LogP contribution in [0, 0.1) is 0 Å². The molecule has 0 aliphatic carbocycles. The third-order valence-electron chi connectivity index (χ3n) is 6.81. The minimum Gasteiger partial charge on any atom is -0.361 e. The van der Waals surface area contributed by atoms with Crippen LogP contribution in [0.4, 0.5) is 5.69 Å². The molecular formula is C32H29Cl2N5OS. The van der Waals surface area contributed by atoms with Gasteiger partial charge in [-0.2, -0.15) is 0 Å². The van der Waals surface area contributed by atoms with Crippen LogP contribution in [-0.4, -0.2) is 43.0 Å². The summed E-state index contributed by atoms with van der Waals surface area (Å²) in [6.07, 6.45) is -0.916. The molecule has 0 spiro atoms. The van der Waals surface area contributed by atoms with Crippen LogP contribution >= 0.6 is 35.4 Å². The topological polar surface area (TPSA) is 68.8 Å². The second-order valence-corrected chi connectivity index (χ2v) is 10.8. The minimum atomic E-state index is -0.916. The lowest BCUT2D eigenvalue weighted by Gasteiger charge is -2.23. The van der Waals surface area contributed by atoms with Gasteiger partial charge in [0.2, 0.25) is 6.17 Å². The average Bonchev–Trinajstić information content (AvgIpc) is 3.09. The molecular weight excluding hydrogens is 573 g/mol. The van der Waals surface area contributed by atoms with Gasteiger partial charge in [-0.25, -0.2) is 4.99 Å². The van der Waals surface area contributed by atoms with Crippen LogP contribution < -0.4 is 20.9 Å². The largest absolute Gasteiger partial charge is 0.361 e. The number of carbonyl (C=O) groups is 1. The molecule has 0 saturated heterocycles. The van der Waals surface area contributed by atoms with E-state index in [0.29, 0.717) is 34.0 Å². The average molecular weight is 603 g/mol. The van der Waals surface area contributed by atoms with Crippen LogP contribution in [0.1, 0.15) is 28.3 Å². The van der Waals surface area contributed by atoms with E-state index in [4.69, 9.17) is 40.4 Å². The molecule has 2 unspecified atom stereocenters. The molecule has 1 aliphatic heterocycles. The molecule has 1 heterocycles. The van der Waals surface area contributed by atoms with Crippen molar-refractivity contribution in [2.24, 2.45) is 4.99 Å². The molecule has 0 radical (unpaired) electrons. The number of likely N-dealkylation sites (N-methyl/N-ethyl adjacent to an activating group) is 1. The first-order chi connectivity index (χ1) is 19.9. The van der Waals surface area contributed by atoms with Crippen LogP contribution in [0.15, 0.2) is 108 Å². The van der Waals surface area contributed by atoms with Crippen LogP contribution in [0.25, 0.3) is 0 Å². The van der Waals surface area contributed by atoms with E-state index in [0.717, 1.165) is 27.9 Å². The van der Waals surface area contributed by atoms with Gasteiger partial charge in [0.25, 0.3) is 5.91 Å². The fourth-order valence-corrected chi connectivity index (χ4v) is 5.27. The van der Waals surface area contributed by atoms with E-state index in [1.807, 2.05) is 84.9 Å². The Kier molecular flexibility index (Phi) is 9.31. The van der Waals surface area contributed by atoms with Gasteiger partial charge in [-0.3, -0.25) is 4.79 Å². The van der Waals surface area contributed by atoms with Gasteiger partial charge in [0.1, 0.15) is 0 Å². The number of nitrogens with zero attached hydrogens (tertiary/aromatic N) is 2. The monoisotopic (exact) mass is 601 g/mol. The van der Waals surface area contributed by atoms with Crippen molar-refractivity contribution in [3.05, 3.63) is 135 Å². The lowest BCUT2D eigenvalue weighted by atomic mass is 9.99. The first kappa shape index (κ1) is 28.8. The number of hydrogen-bond acceptors (Lipinski definition) is 4. The molecule has 41 heavy (non-hydrogen) atoms. The highest BCUT2D eigenvalue weighted by Gasteiger charge is 2.30. The van der Waals surface area contributed by atoms with Crippen LogP contribution in [0.5, 0.6) is 0 Å². The molecule has 0 aromatic heterocycles. The highest BCUT2D eigenvalue weighted by atomic mass is 35.5. The zero-order chi connectivity index (χ0) is 28.8. The minimum absolute atomic E-state index is 0.0164. The molecule has 4 aromatic rings. The maximum Gasteiger partial charge on any atom is 0.272 e. The molecule has 0 bridgehead atoms. The Morgan fingerprint density at radius 3 is 2.22 bits per heavy atom. The Labute approximate surface area is 255 Å². The third kappa shape index (κ3) is 6.94. The molecule has 208 valence electrons. The molecule has 0 fully saturated rings. The Bertz CT molecular complexity index is 1550. The lowest BCUT2D eigenvalue weighted by Crippen LogP contribution is -2.50. The van der Waals surface area contributed by atoms with Crippen molar-refractivity contribution in [3.63, 3.8) is 0 Å². The summed E-state index contributed by atoms with van der Waals surface area (Å²) in [6, 6.07) is 33.2. The number of nitrogens with one attached hydrogen (secondary N) is 3. The van der Waals surface area contributed by atoms with Crippen molar-refractivity contribution in [1.82, 2.24) is 16.0 Å². The van der Waals surface area contributed by atoms with E-state index >= 15 is 0 Å². The van der Waals surface area contributed by atoms with Crippen molar-refractivity contribution in [2.75, 3.05) is 25.0 Å². The van der Waals surface area contributed by atoms with Crippen molar-refractivity contribution in [2.45, 2.75) is 12.2 Å². The number of fused-ring (bicyclic) bond motifs is 1. The highest BCUT2D eigenvalue weighted by Crippen LogP contribution is 2.30.